The highest BCUT2D eigenvalue weighted by Crippen LogP contribution is 2.46. The molecule has 0 heterocycles. The topological polar surface area (TPSA) is 0 Å². The van der Waals surface area contributed by atoms with Gasteiger partial charge in [-0.05, 0) is 58.9 Å². The van der Waals surface area contributed by atoms with Crippen molar-refractivity contribution in [2.24, 2.45) is 0 Å². The molecule has 0 amide bonds. The molecule has 132 valence electrons. The van der Waals surface area contributed by atoms with Gasteiger partial charge in [-0.3, -0.25) is 0 Å². The smallest absolute Gasteiger partial charge is 0.0478 e. The summed E-state index contributed by atoms with van der Waals surface area (Å²) in [7, 11) is 0. The molecule has 0 atom stereocenters. The van der Waals surface area contributed by atoms with Crippen LogP contribution < -0.4 is 0 Å². The molecule has 0 spiro atoms. The van der Waals surface area contributed by atoms with Crippen LogP contribution >= 0.6 is 11.6 Å². The predicted octanol–water partition coefficient (Wildman–Crippen LogP) is 7.66. The van der Waals surface area contributed by atoms with Gasteiger partial charge in [0.1, 0.15) is 0 Å². The Balaban J connectivity index is 1.96. The van der Waals surface area contributed by atoms with Crippen molar-refractivity contribution in [1.29, 1.82) is 0 Å². The minimum Gasteiger partial charge on any atom is -0.0837 e. The monoisotopic (exact) mass is 368 g/mol. The van der Waals surface area contributed by atoms with Gasteiger partial charge in [0.15, 0.2) is 0 Å². The largest absolute Gasteiger partial charge is 0.0837 e. The Morgan fingerprint density at radius 2 is 1.33 bits per heavy atom. The van der Waals surface area contributed by atoms with Crippen molar-refractivity contribution in [3.63, 3.8) is 0 Å². The molecule has 0 unspecified atom stereocenters. The maximum absolute atomic E-state index is 6.37. The Morgan fingerprint density at radius 1 is 0.704 bits per heavy atom. The lowest BCUT2D eigenvalue weighted by atomic mass is 9.96. The van der Waals surface area contributed by atoms with Crippen LogP contribution in [-0.4, -0.2) is 0 Å². The van der Waals surface area contributed by atoms with E-state index in [9.17, 15) is 0 Å². The molecule has 0 aromatic heterocycles. The van der Waals surface area contributed by atoms with E-state index < -0.39 is 0 Å². The van der Waals surface area contributed by atoms with Crippen LogP contribution in [0.15, 0.2) is 96.1 Å². The van der Waals surface area contributed by atoms with Crippen molar-refractivity contribution >= 4 is 28.8 Å². The number of allylic oxidation sites excluding steroid dienone is 4. The van der Waals surface area contributed by atoms with E-state index in [1.165, 1.54) is 39.0 Å². The Morgan fingerprint density at radius 3 is 2.04 bits per heavy atom. The molecule has 1 aliphatic rings. The first-order valence-corrected chi connectivity index (χ1v) is 9.54. The minimum atomic E-state index is 0.768. The van der Waals surface area contributed by atoms with Crippen LogP contribution in [0.1, 0.15) is 36.1 Å². The summed E-state index contributed by atoms with van der Waals surface area (Å²) < 4.78 is 0. The summed E-state index contributed by atoms with van der Waals surface area (Å²) in [6.45, 7) is 4.37. The Bertz CT molecular complexity index is 1080. The normalized spacial score (nSPS) is 13.4. The van der Waals surface area contributed by atoms with Crippen LogP contribution in [0.3, 0.4) is 0 Å². The van der Waals surface area contributed by atoms with Crippen molar-refractivity contribution in [2.45, 2.75) is 13.8 Å². The van der Waals surface area contributed by atoms with Gasteiger partial charge in [-0.25, -0.2) is 0 Å². The minimum absolute atomic E-state index is 0.768. The fraction of sp³-hybridized carbons (Fsp3) is 0.0769. The highest BCUT2D eigenvalue weighted by molar-refractivity contribution is 6.32. The van der Waals surface area contributed by atoms with Gasteiger partial charge in [0, 0.05) is 5.02 Å². The number of fused-ring (bicyclic) bond motifs is 1. The Hall–Kier alpha value is -2.83. The average molecular weight is 369 g/mol. The van der Waals surface area contributed by atoms with E-state index >= 15 is 0 Å². The molecule has 3 aromatic carbocycles. The number of halogens is 1. The molecule has 0 N–H and O–H groups in total. The van der Waals surface area contributed by atoms with Gasteiger partial charge in [-0.2, -0.15) is 0 Å². The van der Waals surface area contributed by atoms with Crippen LogP contribution in [-0.2, 0) is 0 Å². The fourth-order valence-electron chi connectivity index (χ4n) is 3.74. The molecule has 4 rings (SSSR count). The molecule has 0 fully saturated rings. The lowest BCUT2D eigenvalue weighted by Gasteiger charge is -2.08. The summed E-state index contributed by atoms with van der Waals surface area (Å²) in [6, 6.07) is 27.2. The summed E-state index contributed by atoms with van der Waals surface area (Å²) in [4.78, 5) is 0. The molecule has 0 aliphatic heterocycles. The predicted molar refractivity (Wildman–Crippen MR) is 118 cm³/mol. The second-order valence-electron chi connectivity index (χ2n) is 6.93. The second-order valence-corrected chi connectivity index (χ2v) is 7.34. The third kappa shape index (κ3) is 3.29. The van der Waals surface area contributed by atoms with Gasteiger partial charge >= 0.3 is 0 Å². The SMILES string of the molecule is CC(C)=C1C(/C=C/c2ccccc2Cl)=C(c2ccccc2)c2ccccc21. The summed E-state index contributed by atoms with van der Waals surface area (Å²) in [5.41, 5.74) is 10.0. The molecule has 0 nitrogen and oxygen atoms in total. The molecule has 27 heavy (non-hydrogen) atoms. The lowest BCUT2D eigenvalue weighted by molar-refractivity contribution is 1.39. The van der Waals surface area contributed by atoms with Crippen LogP contribution in [0.2, 0.25) is 5.02 Å². The van der Waals surface area contributed by atoms with Gasteiger partial charge in [0.05, 0.1) is 0 Å². The van der Waals surface area contributed by atoms with Crippen LogP contribution in [0, 0.1) is 0 Å². The molecule has 1 heteroatoms. The zero-order valence-corrected chi connectivity index (χ0v) is 16.3. The molecule has 3 aromatic rings. The van der Waals surface area contributed by atoms with Gasteiger partial charge < -0.3 is 0 Å². The van der Waals surface area contributed by atoms with E-state index in [-0.39, 0.29) is 0 Å². The third-order valence-electron chi connectivity index (χ3n) is 4.90. The van der Waals surface area contributed by atoms with Crippen molar-refractivity contribution in [3.8, 4) is 0 Å². The van der Waals surface area contributed by atoms with Crippen LogP contribution in [0.4, 0.5) is 0 Å². The Labute approximate surface area is 166 Å². The molecule has 0 saturated heterocycles. The van der Waals surface area contributed by atoms with E-state index in [0.717, 1.165) is 10.6 Å². The number of hydrogen-bond donors (Lipinski definition) is 0. The highest BCUT2D eigenvalue weighted by Gasteiger charge is 2.26. The molecular weight excluding hydrogens is 348 g/mol. The maximum Gasteiger partial charge on any atom is 0.0478 e. The van der Waals surface area contributed by atoms with Crippen molar-refractivity contribution in [3.05, 3.63) is 123 Å². The van der Waals surface area contributed by atoms with Crippen LogP contribution in [0.5, 0.6) is 0 Å². The standard InChI is InChI=1S/C26H21Cl/c1-18(2)25-21-13-7-8-14-22(21)26(20-11-4-3-5-12-20)23(25)17-16-19-10-6-9-15-24(19)27/h3-17H,1-2H3/b17-16+. The van der Waals surface area contributed by atoms with Crippen molar-refractivity contribution in [1.82, 2.24) is 0 Å². The lowest BCUT2D eigenvalue weighted by Crippen LogP contribution is -1.87. The van der Waals surface area contributed by atoms with Gasteiger partial charge in [0.25, 0.3) is 0 Å². The third-order valence-corrected chi connectivity index (χ3v) is 5.25. The molecular formula is C26H21Cl. The van der Waals surface area contributed by atoms with E-state index in [0.29, 0.717) is 0 Å². The number of benzene rings is 3. The highest BCUT2D eigenvalue weighted by atomic mass is 35.5. The quantitative estimate of drug-likeness (QED) is 0.445. The summed E-state index contributed by atoms with van der Waals surface area (Å²) in [6.07, 6.45) is 4.33. The first kappa shape index (κ1) is 17.6. The first-order valence-electron chi connectivity index (χ1n) is 9.17. The van der Waals surface area contributed by atoms with Gasteiger partial charge in [-0.15, -0.1) is 0 Å². The molecule has 0 saturated carbocycles. The van der Waals surface area contributed by atoms with Crippen molar-refractivity contribution < 1.29 is 0 Å². The molecule has 1 aliphatic carbocycles. The van der Waals surface area contributed by atoms with E-state index in [1.54, 1.807) is 0 Å². The summed E-state index contributed by atoms with van der Waals surface area (Å²) in [5, 5.41) is 0.768. The summed E-state index contributed by atoms with van der Waals surface area (Å²) >= 11 is 6.37. The summed E-state index contributed by atoms with van der Waals surface area (Å²) in [5.74, 6) is 0. The number of hydrogen-bond acceptors (Lipinski definition) is 0. The first-order chi connectivity index (χ1) is 13.2. The second kappa shape index (κ2) is 7.42. The average Bonchev–Trinajstić information content (AvgIpc) is 3.02. The van der Waals surface area contributed by atoms with Gasteiger partial charge in [-0.1, -0.05) is 102 Å². The van der Waals surface area contributed by atoms with Crippen LogP contribution in [0.25, 0.3) is 17.2 Å². The van der Waals surface area contributed by atoms with E-state index in [1.807, 2.05) is 24.3 Å². The van der Waals surface area contributed by atoms with E-state index in [2.05, 4.69) is 80.6 Å². The van der Waals surface area contributed by atoms with Crippen molar-refractivity contribution in [2.75, 3.05) is 0 Å². The zero-order chi connectivity index (χ0) is 18.8. The maximum atomic E-state index is 6.37. The van der Waals surface area contributed by atoms with E-state index in [4.69, 9.17) is 11.6 Å². The number of rotatable bonds is 3. The fourth-order valence-corrected chi connectivity index (χ4v) is 3.94. The van der Waals surface area contributed by atoms with Gasteiger partial charge in [0.2, 0.25) is 0 Å². The molecule has 0 radical (unpaired) electrons. The Kier molecular flexibility index (Phi) is 4.83. The zero-order valence-electron chi connectivity index (χ0n) is 15.5. The molecule has 0 bridgehead atoms.